The van der Waals surface area contributed by atoms with Gasteiger partial charge < -0.3 is 15.5 Å². The largest absolute Gasteiger partial charge is 0.336 e. The number of anilines is 1. The van der Waals surface area contributed by atoms with Crippen LogP contribution in [0.15, 0.2) is 24.3 Å². The van der Waals surface area contributed by atoms with E-state index in [0.29, 0.717) is 23.9 Å². The summed E-state index contributed by atoms with van der Waals surface area (Å²) in [5, 5.41) is 6.26. The normalized spacial score (nSPS) is 23.5. The number of rotatable bonds is 5. The van der Waals surface area contributed by atoms with Crippen LogP contribution in [0, 0.1) is 5.92 Å². The first kappa shape index (κ1) is 17.9. The molecule has 1 aromatic carbocycles. The molecule has 2 unspecified atom stereocenters. The number of likely N-dealkylation sites (tertiary alicyclic amines) is 1. The Morgan fingerprint density at radius 1 is 1.20 bits per heavy atom. The molecule has 0 aliphatic carbocycles. The van der Waals surface area contributed by atoms with Crippen molar-refractivity contribution in [2.45, 2.75) is 51.5 Å². The van der Waals surface area contributed by atoms with Crippen molar-refractivity contribution in [1.29, 1.82) is 0 Å². The van der Waals surface area contributed by atoms with Gasteiger partial charge in [-0.25, -0.2) is 0 Å². The van der Waals surface area contributed by atoms with Crippen molar-refractivity contribution < 1.29 is 9.59 Å². The lowest BCUT2D eigenvalue weighted by Crippen LogP contribution is -2.42. The molecule has 2 aliphatic rings. The van der Waals surface area contributed by atoms with Gasteiger partial charge in [-0.1, -0.05) is 0 Å². The van der Waals surface area contributed by atoms with E-state index in [-0.39, 0.29) is 11.8 Å². The van der Waals surface area contributed by atoms with Crippen molar-refractivity contribution in [1.82, 2.24) is 10.2 Å². The third-order valence-corrected chi connectivity index (χ3v) is 5.42. The highest BCUT2D eigenvalue weighted by atomic mass is 16.2. The summed E-state index contributed by atoms with van der Waals surface area (Å²) in [4.78, 5) is 26.7. The highest BCUT2D eigenvalue weighted by molar-refractivity contribution is 5.96. The Morgan fingerprint density at radius 2 is 2.00 bits per heavy atom. The minimum atomic E-state index is 0.0515. The van der Waals surface area contributed by atoms with Crippen molar-refractivity contribution in [2.24, 2.45) is 5.92 Å². The van der Waals surface area contributed by atoms with Gasteiger partial charge in [0.15, 0.2) is 0 Å². The van der Waals surface area contributed by atoms with Crippen LogP contribution in [0.2, 0.25) is 0 Å². The van der Waals surface area contributed by atoms with Crippen LogP contribution in [0.5, 0.6) is 0 Å². The summed E-state index contributed by atoms with van der Waals surface area (Å²) in [5.41, 5.74) is 1.46. The minimum absolute atomic E-state index is 0.0515. The molecule has 25 heavy (non-hydrogen) atoms. The van der Waals surface area contributed by atoms with Crippen molar-refractivity contribution in [3.8, 4) is 0 Å². The fraction of sp³-hybridized carbons (Fsp3) is 0.600. The second-order valence-corrected chi connectivity index (χ2v) is 7.37. The van der Waals surface area contributed by atoms with Crippen LogP contribution < -0.4 is 10.6 Å². The third-order valence-electron chi connectivity index (χ3n) is 5.42. The Hall–Kier alpha value is -1.88. The van der Waals surface area contributed by atoms with Crippen LogP contribution in [-0.2, 0) is 4.79 Å². The van der Waals surface area contributed by atoms with E-state index in [0.717, 1.165) is 44.6 Å². The summed E-state index contributed by atoms with van der Waals surface area (Å²) >= 11 is 0. The van der Waals surface area contributed by atoms with E-state index in [2.05, 4.69) is 17.6 Å². The Kier molecular flexibility index (Phi) is 6.08. The van der Waals surface area contributed by atoms with Crippen LogP contribution >= 0.6 is 0 Å². The zero-order chi connectivity index (χ0) is 17.6. The molecule has 2 amide bonds. The van der Waals surface area contributed by atoms with Crippen LogP contribution in [0.1, 0.15) is 55.8 Å². The van der Waals surface area contributed by atoms with Gasteiger partial charge in [0, 0.05) is 30.3 Å². The van der Waals surface area contributed by atoms with E-state index >= 15 is 0 Å². The number of benzene rings is 1. The Balaban J connectivity index is 1.51. The molecule has 2 atom stereocenters. The van der Waals surface area contributed by atoms with Gasteiger partial charge in [0.05, 0.1) is 0 Å². The highest BCUT2D eigenvalue weighted by Crippen LogP contribution is 2.20. The van der Waals surface area contributed by atoms with Gasteiger partial charge in [-0.3, -0.25) is 9.59 Å². The van der Waals surface area contributed by atoms with Gasteiger partial charge in [-0.05, 0) is 82.3 Å². The molecule has 5 nitrogen and oxygen atoms in total. The first-order chi connectivity index (χ1) is 12.1. The van der Waals surface area contributed by atoms with E-state index in [1.165, 1.54) is 12.8 Å². The van der Waals surface area contributed by atoms with E-state index < -0.39 is 0 Å². The molecular formula is C20H29N3O2. The number of nitrogens with one attached hydrogen (secondary N) is 2. The summed E-state index contributed by atoms with van der Waals surface area (Å²) in [7, 11) is 0. The summed E-state index contributed by atoms with van der Waals surface area (Å²) in [6.07, 6.45) is 6.02. The zero-order valence-electron chi connectivity index (χ0n) is 15.1. The molecule has 0 spiro atoms. The predicted octanol–water partition coefficient (Wildman–Crippen LogP) is 3.03. The van der Waals surface area contributed by atoms with Crippen molar-refractivity contribution >= 4 is 17.5 Å². The minimum Gasteiger partial charge on any atom is -0.336 e. The molecule has 2 aliphatic heterocycles. The topological polar surface area (TPSA) is 61.4 Å². The van der Waals surface area contributed by atoms with Crippen molar-refractivity contribution in [3.05, 3.63) is 29.8 Å². The highest BCUT2D eigenvalue weighted by Gasteiger charge is 2.24. The van der Waals surface area contributed by atoms with Gasteiger partial charge in [0.2, 0.25) is 5.91 Å². The van der Waals surface area contributed by atoms with Crippen molar-refractivity contribution in [2.75, 3.05) is 25.0 Å². The maximum atomic E-state index is 12.6. The lowest BCUT2D eigenvalue weighted by molar-refractivity contribution is -0.116. The number of nitrogens with zero attached hydrogens (tertiary/aromatic N) is 1. The molecule has 0 radical (unpaired) electrons. The second kappa shape index (κ2) is 8.48. The fourth-order valence-electron chi connectivity index (χ4n) is 3.78. The summed E-state index contributed by atoms with van der Waals surface area (Å²) < 4.78 is 0. The summed E-state index contributed by atoms with van der Waals surface area (Å²) in [5.74, 6) is 0.770. The molecule has 2 saturated heterocycles. The maximum absolute atomic E-state index is 12.6. The Labute approximate surface area is 150 Å². The van der Waals surface area contributed by atoms with Crippen molar-refractivity contribution in [3.63, 3.8) is 0 Å². The van der Waals surface area contributed by atoms with E-state index in [9.17, 15) is 9.59 Å². The first-order valence-electron chi connectivity index (χ1n) is 9.55. The van der Waals surface area contributed by atoms with Crippen LogP contribution in [0.4, 0.5) is 5.69 Å². The molecule has 0 aromatic heterocycles. The SMILES string of the molecule is CC1CCCCN1C(=O)c1ccc(NC(=O)CCC2CCNC2)cc1. The van der Waals surface area contributed by atoms with Gasteiger partial charge in [0.1, 0.15) is 0 Å². The van der Waals surface area contributed by atoms with Gasteiger partial charge in [-0.2, -0.15) is 0 Å². The first-order valence-corrected chi connectivity index (χ1v) is 9.55. The molecular weight excluding hydrogens is 314 g/mol. The average molecular weight is 343 g/mol. The van der Waals surface area contributed by atoms with E-state index in [1.807, 2.05) is 29.2 Å². The van der Waals surface area contributed by atoms with Crippen LogP contribution in [-0.4, -0.2) is 42.4 Å². The quantitative estimate of drug-likeness (QED) is 0.864. The molecule has 2 heterocycles. The smallest absolute Gasteiger partial charge is 0.254 e. The predicted molar refractivity (Wildman–Crippen MR) is 99.6 cm³/mol. The lowest BCUT2D eigenvalue weighted by atomic mass is 10.0. The molecule has 2 fully saturated rings. The number of carbonyl (C=O) groups is 2. The van der Waals surface area contributed by atoms with Gasteiger partial charge in [0.25, 0.3) is 5.91 Å². The lowest BCUT2D eigenvalue weighted by Gasteiger charge is -2.33. The number of hydrogen-bond donors (Lipinski definition) is 2. The van der Waals surface area contributed by atoms with Gasteiger partial charge in [-0.15, -0.1) is 0 Å². The number of hydrogen-bond acceptors (Lipinski definition) is 3. The second-order valence-electron chi connectivity index (χ2n) is 7.37. The average Bonchev–Trinajstić information content (AvgIpc) is 3.14. The van der Waals surface area contributed by atoms with E-state index in [4.69, 9.17) is 0 Å². The Morgan fingerprint density at radius 3 is 2.68 bits per heavy atom. The maximum Gasteiger partial charge on any atom is 0.254 e. The third kappa shape index (κ3) is 4.82. The Bertz CT molecular complexity index is 593. The molecule has 136 valence electrons. The molecule has 0 bridgehead atoms. The van der Waals surface area contributed by atoms with Crippen LogP contribution in [0.3, 0.4) is 0 Å². The number of carbonyl (C=O) groups excluding carboxylic acids is 2. The standard InChI is InChI=1S/C20H29N3O2/c1-15-4-2-3-13-23(15)20(25)17-6-8-18(9-7-17)22-19(24)10-5-16-11-12-21-14-16/h6-9,15-16,21H,2-5,10-14H2,1H3,(H,22,24). The molecule has 2 N–H and O–H groups in total. The van der Waals surface area contributed by atoms with E-state index in [1.54, 1.807) is 0 Å². The molecule has 0 saturated carbocycles. The monoisotopic (exact) mass is 343 g/mol. The molecule has 3 rings (SSSR count). The zero-order valence-corrected chi connectivity index (χ0v) is 15.1. The van der Waals surface area contributed by atoms with Crippen LogP contribution in [0.25, 0.3) is 0 Å². The summed E-state index contributed by atoms with van der Waals surface area (Å²) in [6, 6.07) is 7.61. The number of amides is 2. The summed E-state index contributed by atoms with van der Waals surface area (Å²) in [6.45, 7) is 5.05. The molecule has 1 aromatic rings. The molecule has 5 heteroatoms. The van der Waals surface area contributed by atoms with Gasteiger partial charge >= 0.3 is 0 Å². The fourth-order valence-corrected chi connectivity index (χ4v) is 3.78. The number of piperidine rings is 1.